The van der Waals surface area contributed by atoms with Gasteiger partial charge in [0, 0.05) is 11.1 Å². The molecular weight excluding hydrogens is 360 g/mol. The quantitative estimate of drug-likeness (QED) is 0.726. The van der Waals surface area contributed by atoms with E-state index in [1.165, 1.54) is 0 Å². The van der Waals surface area contributed by atoms with Crippen molar-refractivity contribution in [3.8, 4) is 0 Å². The topological polar surface area (TPSA) is 12.0 Å². The predicted octanol–water partition coefficient (Wildman–Crippen LogP) is 5.19. The maximum atomic E-state index is 13.7. The zero-order chi connectivity index (χ0) is 15.6. The van der Waals surface area contributed by atoms with Crippen LogP contribution in [0, 0.1) is 18.6 Å². The molecule has 0 fully saturated rings. The number of nitrogens with one attached hydrogen (secondary N) is 1. The van der Waals surface area contributed by atoms with Gasteiger partial charge in [-0.05, 0) is 65.1 Å². The molecule has 21 heavy (non-hydrogen) atoms. The van der Waals surface area contributed by atoms with E-state index in [0.717, 1.165) is 17.2 Å². The van der Waals surface area contributed by atoms with Crippen LogP contribution in [0.5, 0.6) is 0 Å². The summed E-state index contributed by atoms with van der Waals surface area (Å²) >= 11 is 9.37. The van der Waals surface area contributed by atoms with E-state index in [2.05, 4.69) is 21.2 Å². The van der Waals surface area contributed by atoms with E-state index >= 15 is 0 Å². The van der Waals surface area contributed by atoms with Crippen LogP contribution >= 0.6 is 27.5 Å². The fraction of sp³-hybridized carbons (Fsp3) is 0.250. The molecule has 0 saturated carbocycles. The van der Waals surface area contributed by atoms with Crippen molar-refractivity contribution in [3.05, 3.63) is 68.2 Å². The van der Waals surface area contributed by atoms with Crippen molar-refractivity contribution >= 4 is 27.5 Å². The molecule has 0 amide bonds. The summed E-state index contributed by atoms with van der Waals surface area (Å²) in [5, 5.41) is 3.79. The molecular formula is C16H15BrClF2N. The molecule has 2 aromatic rings. The van der Waals surface area contributed by atoms with Gasteiger partial charge < -0.3 is 5.32 Å². The highest BCUT2D eigenvalue weighted by atomic mass is 79.9. The minimum absolute atomic E-state index is 0.144. The van der Waals surface area contributed by atoms with Gasteiger partial charge in [0.15, 0.2) is 11.6 Å². The van der Waals surface area contributed by atoms with Crippen LogP contribution < -0.4 is 5.32 Å². The first kappa shape index (κ1) is 16.4. The summed E-state index contributed by atoms with van der Waals surface area (Å²) in [5.41, 5.74) is 2.70. The molecule has 2 aromatic carbocycles. The predicted molar refractivity (Wildman–Crippen MR) is 85.8 cm³/mol. The lowest BCUT2D eigenvalue weighted by Crippen LogP contribution is -2.20. The Morgan fingerprint density at radius 1 is 1.24 bits per heavy atom. The number of hydrogen-bond donors (Lipinski definition) is 1. The summed E-state index contributed by atoms with van der Waals surface area (Å²) in [7, 11) is 1.78. The van der Waals surface area contributed by atoms with Crippen LogP contribution in [0.4, 0.5) is 8.78 Å². The van der Waals surface area contributed by atoms with E-state index in [1.807, 2.05) is 25.1 Å². The average molecular weight is 375 g/mol. The highest BCUT2D eigenvalue weighted by Gasteiger charge is 2.19. The van der Waals surface area contributed by atoms with Gasteiger partial charge in [-0.2, -0.15) is 0 Å². The molecule has 0 bridgehead atoms. The minimum atomic E-state index is -0.872. The first-order valence-electron chi connectivity index (χ1n) is 6.49. The summed E-state index contributed by atoms with van der Waals surface area (Å²) in [6, 6.07) is 8.37. The lowest BCUT2D eigenvalue weighted by molar-refractivity contribution is 0.495. The lowest BCUT2D eigenvalue weighted by Gasteiger charge is -2.19. The number of rotatable bonds is 4. The van der Waals surface area contributed by atoms with Gasteiger partial charge in [0.2, 0.25) is 0 Å². The van der Waals surface area contributed by atoms with Crippen molar-refractivity contribution in [2.75, 3.05) is 7.05 Å². The fourth-order valence-corrected chi connectivity index (χ4v) is 3.13. The molecule has 0 spiro atoms. The van der Waals surface area contributed by atoms with Gasteiger partial charge in [-0.25, -0.2) is 8.78 Å². The van der Waals surface area contributed by atoms with E-state index in [9.17, 15) is 8.78 Å². The molecule has 1 atom stereocenters. The van der Waals surface area contributed by atoms with Crippen molar-refractivity contribution in [2.45, 2.75) is 19.4 Å². The van der Waals surface area contributed by atoms with Crippen LogP contribution in [0.25, 0.3) is 0 Å². The number of likely N-dealkylation sites (N-methyl/N-ethyl adjacent to an activating group) is 1. The summed E-state index contributed by atoms with van der Waals surface area (Å²) in [4.78, 5) is 0. The van der Waals surface area contributed by atoms with Crippen LogP contribution in [-0.4, -0.2) is 7.05 Å². The fourth-order valence-electron chi connectivity index (χ4n) is 2.22. The highest BCUT2D eigenvalue weighted by molar-refractivity contribution is 9.10. The lowest BCUT2D eigenvalue weighted by atomic mass is 9.98. The van der Waals surface area contributed by atoms with E-state index in [1.54, 1.807) is 13.1 Å². The third kappa shape index (κ3) is 3.62. The second kappa shape index (κ2) is 6.86. The molecule has 1 unspecified atom stereocenters. The van der Waals surface area contributed by atoms with Crippen molar-refractivity contribution < 1.29 is 8.78 Å². The van der Waals surface area contributed by atoms with Gasteiger partial charge in [0.25, 0.3) is 0 Å². The molecule has 0 aliphatic carbocycles. The molecule has 0 aliphatic heterocycles. The Morgan fingerprint density at radius 3 is 2.57 bits per heavy atom. The largest absolute Gasteiger partial charge is 0.313 e. The van der Waals surface area contributed by atoms with Crippen LogP contribution in [0.15, 0.2) is 34.8 Å². The van der Waals surface area contributed by atoms with Gasteiger partial charge in [-0.3, -0.25) is 0 Å². The molecule has 0 aliphatic rings. The molecule has 1 nitrogen and oxygen atoms in total. The Balaban J connectivity index is 2.34. The maximum absolute atomic E-state index is 13.7. The Morgan fingerprint density at radius 2 is 1.95 bits per heavy atom. The van der Waals surface area contributed by atoms with Crippen LogP contribution in [-0.2, 0) is 6.42 Å². The summed E-state index contributed by atoms with van der Waals surface area (Å²) < 4.78 is 27.0. The summed E-state index contributed by atoms with van der Waals surface area (Å²) in [6.07, 6.45) is 0.583. The maximum Gasteiger partial charge on any atom is 0.173 e. The van der Waals surface area contributed by atoms with Crippen molar-refractivity contribution in [1.82, 2.24) is 5.32 Å². The highest BCUT2D eigenvalue weighted by Crippen LogP contribution is 2.31. The normalized spacial score (nSPS) is 12.5. The molecule has 0 aromatic heterocycles. The van der Waals surface area contributed by atoms with Crippen molar-refractivity contribution in [1.29, 1.82) is 0 Å². The van der Waals surface area contributed by atoms with Gasteiger partial charge >= 0.3 is 0 Å². The first-order valence-corrected chi connectivity index (χ1v) is 7.66. The average Bonchev–Trinajstić information content (AvgIpc) is 2.45. The first-order chi connectivity index (χ1) is 9.93. The molecule has 2 rings (SSSR count). The zero-order valence-electron chi connectivity index (χ0n) is 11.7. The molecule has 0 heterocycles. The minimum Gasteiger partial charge on any atom is -0.313 e. The van der Waals surface area contributed by atoms with Crippen molar-refractivity contribution in [3.63, 3.8) is 0 Å². The third-order valence-corrected chi connectivity index (χ3v) is 4.58. The van der Waals surface area contributed by atoms with E-state index < -0.39 is 11.6 Å². The molecule has 5 heteroatoms. The smallest absolute Gasteiger partial charge is 0.173 e. The van der Waals surface area contributed by atoms with E-state index in [-0.39, 0.29) is 10.5 Å². The Bertz CT molecular complexity index is 661. The number of halogens is 4. The second-order valence-corrected chi connectivity index (χ2v) is 6.11. The van der Waals surface area contributed by atoms with Crippen LogP contribution in [0.3, 0.4) is 0 Å². The standard InChI is InChI=1S/C16H15BrClF2N/c1-9-3-4-10(12(18)7-9)8-14(21-2)11-5-6-13(19)16(20)15(11)17/h3-7,14,21H,8H2,1-2H3. The summed E-state index contributed by atoms with van der Waals surface area (Å²) in [6.45, 7) is 1.97. The Labute approximate surface area is 136 Å². The monoisotopic (exact) mass is 373 g/mol. The second-order valence-electron chi connectivity index (χ2n) is 4.90. The van der Waals surface area contributed by atoms with Crippen molar-refractivity contribution in [2.24, 2.45) is 0 Å². The zero-order valence-corrected chi connectivity index (χ0v) is 14.0. The third-order valence-electron chi connectivity index (χ3n) is 3.42. The molecule has 1 N–H and O–H groups in total. The summed E-state index contributed by atoms with van der Waals surface area (Å²) in [5.74, 6) is -1.74. The number of aryl methyl sites for hydroxylation is 1. The number of hydrogen-bond acceptors (Lipinski definition) is 1. The van der Waals surface area contributed by atoms with Gasteiger partial charge in [0.1, 0.15) is 0 Å². The SMILES string of the molecule is CNC(Cc1ccc(C)cc1Cl)c1ccc(F)c(F)c1Br. The molecule has 0 saturated heterocycles. The van der Waals surface area contributed by atoms with E-state index in [0.29, 0.717) is 17.0 Å². The van der Waals surface area contributed by atoms with Gasteiger partial charge in [0.05, 0.1) is 4.47 Å². The molecule has 0 radical (unpaired) electrons. The van der Waals surface area contributed by atoms with Gasteiger partial charge in [-0.1, -0.05) is 29.8 Å². The Kier molecular flexibility index (Phi) is 5.36. The van der Waals surface area contributed by atoms with Crippen LogP contribution in [0.2, 0.25) is 5.02 Å². The van der Waals surface area contributed by atoms with Crippen LogP contribution in [0.1, 0.15) is 22.7 Å². The molecule has 112 valence electrons. The van der Waals surface area contributed by atoms with Gasteiger partial charge in [-0.15, -0.1) is 0 Å². The Hall–Kier alpha value is -0.970. The number of benzene rings is 2. The van der Waals surface area contributed by atoms with E-state index in [4.69, 9.17) is 11.6 Å².